The molecule has 8 heteroatoms. The van der Waals surface area contributed by atoms with Gasteiger partial charge in [-0.1, -0.05) is 0 Å². The number of nitrogens with one attached hydrogen (secondary N) is 1. The van der Waals surface area contributed by atoms with Crippen molar-refractivity contribution in [1.29, 1.82) is 0 Å². The molecule has 5 nitrogen and oxygen atoms in total. The number of hydrogen-bond donors (Lipinski definition) is 2. The summed E-state index contributed by atoms with van der Waals surface area (Å²) in [6, 6.07) is 6.72. The maximum Gasteiger partial charge on any atom is 0.346 e. The topological polar surface area (TPSA) is 83.5 Å². The zero-order valence-electron chi connectivity index (χ0n) is 11.2. The van der Waals surface area contributed by atoms with Crippen molar-refractivity contribution in [3.05, 3.63) is 43.8 Å². The highest BCUT2D eigenvalue weighted by atomic mass is 127. The summed E-state index contributed by atoms with van der Waals surface area (Å²) in [6.07, 6.45) is 0. The predicted octanol–water partition coefficient (Wildman–Crippen LogP) is 3.47. The smallest absolute Gasteiger partial charge is 0.346 e. The lowest BCUT2D eigenvalue weighted by Crippen LogP contribution is -2.12. The van der Waals surface area contributed by atoms with Crippen LogP contribution < -0.4 is 4.72 Å². The van der Waals surface area contributed by atoms with E-state index in [0.717, 1.165) is 20.5 Å². The molecule has 0 aliphatic carbocycles. The third-order valence-corrected chi connectivity index (χ3v) is 6.52. The van der Waals surface area contributed by atoms with Gasteiger partial charge < -0.3 is 5.11 Å². The predicted molar refractivity (Wildman–Crippen MR) is 90.7 cm³/mol. The van der Waals surface area contributed by atoms with Crippen molar-refractivity contribution in [3.8, 4) is 0 Å². The van der Waals surface area contributed by atoms with Crippen molar-refractivity contribution >= 4 is 55.6 Å². The molecule has 0 spiro atoms. The van der Waals surface area contributed by atoms with Gasteiger partial charge in [-0.25, -0.2) is 13.2 Å². The van der Waals surface area contributed by atoms with Gasteiger partial charge >= 0.3 is 5.97 Å². The molecule has 0 aliphatic rings. The van der Waals surface area contributed by atoms with Gasteiger partial charge in [0.25, 0.3) is 10.0 Å². The first-order valence-corrected chi connectivity index (χ1v) is 9.21. The SMILES string of the molecule is Cc1cc(I)ccc1NS(=O)(=O)c1cc(C)c(C(=O)O)s1. The lowest BCUT2D eigenvalue weighted by atomic mass is 10.2. The Kier molecular flexibility index (Phi) is 4.59. The van der Waals surface area contributed by atoms with Crippen LogP contribution >= 0.6 is 33.9 Å². The highest BCUT2D eigenvalue weighted by Crippen LogP contribution is 2.28. The Bertz CT molecular complexity index is 812. The maximum absolute atomic E-state index is 12.3. The number of sulfonamides is 1. The Balaban J connectivity index is 2.38. The van der Waals surface area contributed by atoms with Crippen molar-refractivity contribution in [3.63, 3.8) is 0 Å². The first-order chi connectivity index (χ1) is 9.70. The number of thiophene rings is 1. The van der Waals surface area contributed by atoms with E-state index in [1.54, 1.807) is 19.1 Å². The average Bonchev–Trinajstić information content (AvgIpc) is 2.76. The fraction of sp³-hybridized carbons (Fsp3) is 0.154. The van der Waals surface area contributed by atoms with Crippen molar-refractivity contribution in [2.24, 2.45) is 0 Å². The number of hydrogen-bond acceptors (Lipinski definition) is 4. The maximum atomic E-state index is 12.3. The molecule has 2 aromatic rings. The van der Waals surface area contributed by atoms with Gasteiger partial charge in [-0.05, 0) is 71.8 Å². The van der Waals surface area contributed by atoms with E-state index in [2.05, 4.69) is 27.3 Å². The summed E-state index contributed by atoms with van der Waals surface area (Å²) in [7, 11) is -3.78. The summed E-state index contributed by atoms with van der Waals surface area (Å²) in [4.78, 5) is 11.0. The van der Waals surface area contributed by atoms with Crippen molar-refractivity contribution in [2.75, 3.05) is 4.72 Å². The Labute approximate surface area is 140 Å². The van der Waals surface area contributed by atoms with E-state index in [1.165, 1.54) is 6.07 Å². The lowest BCUT2D eigenvalue weighted by molar-refractivity contribution is 0.0701. The fourth-order valence-corrected chi connectivity index (χ4v) is 4.89. The van der Waals surface area contributed by atoms with Crippen molar-refractivity contribution in [1.82, 2.24) is 0 Å². The molecular weight excluding hydrogens is 425 g/mol. The lowest BCUT2D eigenvalue weighted by Gasteiger charge is -2.09. The van der Waals surface area contributed by atoms with Gasteiger partial charge in [-0.3, -0.25) is 4.72 Å². The van der Waals surface area contributed by atoms with Gasteiger partial charge in [0, 0.05) is 3.57 Å². The molecule has 112 valence electrons. The average molecular weight is 437 g/mol. The molecule has 0 saturated heterocycles. The Morgan fingerprint density at radius 1 is 1.24 bits per heavy atom. The van der Waals surface area contributed by atoms with E-state index in [0.29, 0.717) is 11.3 Å². The number of benzene rings is 1. The Morgan fingerprint density at radius 2 is 1.90 bits per heavy atom. The van der Waals surface area contributed by atoms with Gasteiger partial charge in [0.15, 0.2) is 0 Å². The summed E-state index contributed by atoms with van der Waals surface area (Å²) in [5.41, 5.74) is 1.72. The van der Waals surface area contributed by atoms with E-state index in [4.69, 9.17) is 5.11 Å². The van der Waals surface area contributed by atoms with E-state index in [9.17, 15) is 13.2 Å². The number of aromatic carboxylic acids is 1. The van der Waals surface area contributed by atoms with E-state index in [1.807, 2.05) is 13.0 Å². The number of aryl methyl sites for hydroxylation is 2. The van der Waals surface area contributed by atoms with E-state index in [-0.39, 0.29) is 9.09 Å². The molecule has 0 atom stereocenters. The highest BCUT2D eigenvalue weighted by Gasteiger charge is 2.22. The van der Waals surface area contributed by atoms with Crippen LogP contribution in [0.15, 0.2) is 28.5 Å². The second-order valence-corrected chi connectivity index (χ2v) is 8.65. The normalized spacial score (nSPS) is 11.4. The fourth-order valence-electron chi connectivity index (χ4n) is 1.73. The van der Waals surface area contributed by atoms with Gasteiger partial charge in [0.1, 0.15) is 9.09 Å². The molecule has 1 heterocycles. The first-order valence-electron chi connectivity index (χ1n) is 5.83. The molecule has 21 heavy (non-hydrogen) atoms. The molecule has 0 unspecified atom stereocenters. The Hall–Kier alpha value is -1.13. The first kappa shape index (κ1) is 16.2. The van der Waals surface area contributed by atoms with Crippen LogP contribution in [0.3, 0.4) is 0 Å². The Morgan fingerprint density at radius 3 is 2.43 bits per heavy atom. The molecule has 0 fully saturated rings. The zero-order chi connectivity index (χ0) is 15.8. The second-order valence-electron chi connectivity index (χ2n) is 4.45. The number of rotatable bonds is 4. The van der Waals surface area contributed by atoms with Crippen LogP contribution in [0.2, 0.25) is 0 Å². The van der Waals surface area contributed by atoms with E-state index < -0.39 is 16.0 Å². The largest absolute Gasteiger partial charge is 0.477 e. The molecule has 0 aliphatic heterocycles. The minimum Gasteiger partial charge on any atom is -0.477 e. The standard InChI is InChI=1S/C13H12INO4S2/c1-7-5-9(14)3-4-10(7)15-21(18,19)11-6-8(2)12(20-11)13(16)17/h3-6,15H,1-2H3,(H,16,17). The number of carbonyl (C=O) groups is 1. The van der Waals surface area contributed by atoms with Crippen LogP contribution in [0.5, 0.6) is 0 Å². The summed E-state index contributed by atoms with van der Waals surface area (Å²) >= 11 is 2.90. The van der Waals surface area contributed by atoms with Crippen LogP contribution in [0, 0.1) is 17.4 Å². The molecule has 1 aromatic heterocycles. The van der Waals surface area contributed by atoms with Crippen molar-refractivity contribution < 1.29 is 18.3 Å². The van der Waals surface area contributed by atoms with Gasteiger partial charge in [0.05, 0.1) is 5.69 Å². The molecule has 0 amide bonds. The third kappa shape index (κ3) is 3.55. The van der Waals surface area contributed by atoms with E-state index >= 15 is 0 Å². The third-order valence-electron chi connectivity index (χ3n) is 2.79. The number of anilines is 1. The van der Waals surface area contributed by atoms with Crippen LogP contribution in [-0.4, -0.2) is 19.5 Å². The molecule has 0 saturated carbocycles. The minimum absolute atomic E-state index is 0.00431. The quantitative estimate of drug-likeness (QED) is 0.718. The minimum atomic E-state index is -3.78. The number of carboxylic acid groups (broad SMARTS) is 1. The molecule has 2 rings (SSSR count). The molecule has 2 N–H and O–H groups in total. The summed E-state index contributed by atoms with van der Waals surface area (Å²) in [5.74, 6) is -1.12. The highest BCUT2D eigenvalue weighted by molar-refractivity contribution is 14.1. The monoisotopic (exact) mass is 437 g/mol. The summed E-state index contributed by atoms with van der Waals surface area (Å²) < 4.78 is 28.2. The van der Waals surface area contributed by atoms with Crippen LogP contribution in [-0.2, 0) is 10.0 Å². The van der Waals surface area contributed by atoms with Crippen LogP contribution in [0.1, 0.15) is 20.8 Å². The van der Waals surface area contributed by atoms with Gasteiger partial charge in [0.2, 0.25) is 0 Å². The van der Waals surface area contributed by atoms with Crippen LogP contribution in [0.25, 0.3) is 0 Å². The number of carboxylic acids is 1. The molecule has 0 bridgehead atoms. The van der Waals surface area contributed by atoms with Gasteiger partial charge in [-0.15, -0.1) is 11.3 Å². The van der Waals surface area contributed by atoms with Gasteiger partial charge in [-0.2, -0.15) is 0 Å². The molecule has 0 radical (unpaired) electrons. The zero-order valence-corrected chi connectivity index (χ0v) is 15.0. The molecule has 1 aromatic carbocycles. The summed E-state index contributed by atoms with van der Waals surface area (Å²) in [5, 5.41) is 9.00. The van der Waals surface area contributed by atoms with Crippen molar-refractivity contribution in [2.45, 2.75) is 18.1 Å². The summed E-state index contributed by atoms with van der Waals surface area (Å²) in [6.45, 7) is 3.39. The number of halogens is 1. The second kappa shape index (κ2) is 5.93. The molecular formula is C13H12INO4S2. The van der Waals surface area contributed by atoms with Crippen LogP contribution in [0.4, 0.5) is 5.69 Å².